The Hall–Kier alpha value is -1.14. The summed E-state index contributed by atoms with van der Waals surface area (Å²) in [5.74, 6) is -1.30. The van der Waals surface area contributed by atoms with Crippen LogP contribution in [0.3, 0.4) is 0 Å². The molecule has 1 unspecified atom stereocenters. The van der Waals surface area contributed by atoms with E-state index >= 15 is 0 Å². The zero-order valence-corrected chi connectivity index (χ0v) is 11.3. The third-order valence-electron chi connectivity index (χ3n) is 3.64. The lowest BCUT2D eigenvalue weighted by atomic mass is 9.74. The van der Waals surface area contributed by atoms with Crippen molar-refractivity contribution in [3.63, 3.8) is 0 Å². The van der Waals surface area contributed by atoms with Gasteiger partial charge in [-0.15, -0.1) is 0 Å². The molecule has 0 aromatic heterocycles. The van der Waals surface area contributed by atoms with Crippen LogP contribution in [0.2, 0.25) is 0 Å². The molecule has 18 heavy (non-hydrogen) atoms. The highest BCUT2D eigenvalue weighted by molar-refractivity contribution is 5.83. The van der Waals surface area contributed by atoms with E-state index < -0.39 is 23.0 Å². The van der Waals surface area contributed by atoms with Gasteiger partial charge >= 0.3 is 5.97 Å². The molecule has 0 aromatic rings. The van der Waals surface area contributed by atoms with Crippen LogP contribution in [0.25, 0.3) is 0 Å². The predicted octanol–water partition coefficient (Wildman–Crippen LogP) is 0.407. The first-order valence-corrected chi connectivity index (χ1v) is 5.93. The number of carbonyl (C=O) groups is 2. The van der Waals surface area contributed by atoms with E-state index in [9.17, 15) is 14.7 Å². The summed E-state index contributed by atoms with van der Waals surface area (Å²) in [5.41, 5.74) is -1.98. The molecule has 1 heterocycles. The molecule has 0 aromatic carbocycles. The van der Waals surface area contributed by atoms with Crippen LogP contribution in [0, 0.1) is 5.41 Å². The minimum atomic E-state index is -1.09. The van der Waals surface area contributed by atoms with Gasteiger partial charge in [-0.3, -0.25) is 9.59 Å². The molecule has 6 nitrogen and oxygen atoms in total. The van der Waals surface area contributed by atoms with Gasteiger partial charge in [-0.2, -0.15) is 0 Å². The highest BCUT2D eigenvalue weighted by atomic mass is 16.6. The summed E-state index contributed by atoms with van der Waals surface area (Å²) in [4.78, 5) is 23.2. The SMILES string of the molecule is CC(C)(NC(=O)C1COCCO1)C(C)(C)C(=O)O. The molecule has 2 N–H and O–H groups in total. The first kappa shape index (κ1) is 14.9. The van der Waals surface area contributed by atoms with Gasteiger partial charge in [0.15, 0.2) is 6.10 Å². The first-order valence-electron chi connectivity index (χ1n) is 5.93. The van der Waals surface area contributed by atoms with E-state index in [-0.39, 0.29) is 12.5 Å². The van der Waals surface area contributed by atoms with Crippen LogP contribution < -0.4 is 5.32 Å². The number of hydrogen-bond acceptors (Lipinski definition) is 4. The quantitative estimate of drug-likeness (QED) is 0.763. The molecule has 1 rings (SSSR count). The molecule has 0 aliphatic carbocycles. The van der Waals surface area contributed by atoms with Gasteiger partial charge in [0.05, 0.1) is 30.8 Å². The monoisotopic (exact) mass is 259 g/mol. The van der Waals surface area contributed by atoms with E-state index in [0.29, 0.717) is 13.2 Å². The molecule has 0 saturated carbocycles. The lowest BCUT2D eigenvalue weighted by Gasteiger charge is -2.39. The Kier molecular flexibility index (Phi) is 4.34. The highest BCUT2D eigenvalue weighted by Gasteiger charge is 2.45. The van der Waals surface area contributed by atoms with Gasteiger partial charge < -0.3 is 19.9 Å². The Bertz CT molecular complexity index is 331. The molecular formula is C12H21NO5. The Morgan fingerprint density at radius 2 is 1.83 bits per heavy atom. The van der Waals surface area contributed by atoms with E-state index in [0.717, 1.165) is 0 Å². The van der Waals surface area contributed by atoms with Crippen LogP contribution in [0.15, 0.2) is 0 Å². The van der Waals surface area contributed by atoms with Gasteiger partial charge in [0.2, 0.25) is 0 Å². The fourth-order valence-electron chi connectivity index (χ4n) is 1.45. The first-order chi connectivity index (χ1) is 8.18. The van der Waals surface area contributed by atoms with Crippen molar-refractivity contribution in [3.8, 4) is 0 Å². The summed E-state index contributed by atoms with van der Waals surface area (Å²) in [6.07, 6.45) is -0.664. The van der Waals surface area contributed by atoms with Gasteiger partial charge in [0.25, 0.3) is 5.91 Å². The van der Waals surface area contributed by atoms with Gasteiger partial charge in [0, 0.05) is 0 Å². The topological polar surface area (TPSA) is 84.9 Å². The Balaban J connectivity index is 2.70. The van der Waals surface area contributed by atoms with Crippen molar-refractivity contribution >= 4 is 11.9 Å². The van der Waals surface area contributed by atoms with E-state index in [1.807, 2.05) is 0 Å². The zero-order chi connectivity index (χ0) is 14.0. The molecule has 1 amide bonds. The van der Waals surface area contributed by atoms with Crippen molar-refractivity contribution in [2.45, 2.75) is 39.3 Å². The largest absolute Gasteiger partial charge is 0.481 e. The van der Waals surface area contributed by atoms with Crippen molar-refractivity contribution < 1.29 is 24.2 Å². The van der Waals surface area contributed by atoms with E-state index in [2.05, 4.69) is 5.32 Å². The maximum atomic E-state index is 12.0. The molecule has 1 aliphatic rings. The average Bonchev–Trinajstić information content (AvgIpc) is 2.29. The van der Waals surface area contributed by atoms with Crippen molar-refractivity contribution in [1.29, 1.82) is 0 Å². The maximum absolute atomic E-state index is 12.0. The Morgan fingerprint density at radius 3 is 2.28 bits per heavy atom. The second-order valence-corrected chi connectivity index (χ2v) is 5.48. The van der Waals surface area contributed by atoms with Gasteiger partial charge in [0.1, 0.15) is 0 Å². The molecule has 0 spiro atoms. The zero-order valence-electron chi connectivity index (χ0n) is 11.3. The summed E-state index contributed by atoms with van der Waals surface area (Å²) in [6.45, 7) is 7.58. The fraction of sp³-hybridized carbons (Fsp3) is 0.833. The molecule has 6 heteroatoms. The molecule has 1 atom stereocenters. The van der Waals surface area contributed by atoms with E-state index in [1.54, 1.807) is 27.7 Å². The Morgan fingerprint density at radius 1 is 1.22 bits per heavy atom. The van der Waals surface area contributed by atoms with Crippen LogP contribution in [0.1, 0.15) is 27.7 Å². The highest BCUT2D eigenvalue weighted by Crippen LogP contribution is 2.30. The van der Waals surface area contributed by atoms with Crippen LogP contribution in [-0.4, -0.2) is 48.4 Å². The van der Waals surface area contributed by atoms with Gasteiger partial charge in [-0.1, -0.05) is 0 Å². The number of hydrogen-bond donors (Lipinski definition) is 2. The number of carbonyl (C=O) groups excluding carboxylic acids is 1. The summed E-state index contributed by atoms with van der Waals surface area (Å²) in [5, 5.41) is 11.9. The molecule has 0 bridgehead atoms. The number of carboxylic acid groups (broad SMARTS) is 1. The normalized spacial score (nSPS) is 21.4. The van der Waals surface area contributed by atoms with Crippen molar-refractivity contribution in [3.05, 3.63) is 0 Å². The molecule has 0 radical (unpaired) electrons. The Labute approximate surface area is 107 Å². The van der Waals surface area contributed by atoms with Crippen molar-refractivity contribution in [2.24, 2.45) is 5.41 Å². The second-order valence-electron chi connectivity index (χ2n) is 5.48. The molecule has 1 saturated heterocycles. The fourth-order valence-corrected chi connectivity index (χ4v) is 1.45. The van der Waals surface area contributed by atoms with Crippen LogP contribution in [0.5, 0.6) is 0 Å². The summed E-state index contributed by atoms with van der Waals surface area (Å²) >= 11 is 0. The lowest BCUT2D eigenvalue weighted by Crippen LogP contribution is -2.59. The summed E-state index contributed by atoms with van der Waals surface area (Å²) in [6, 6.07) is 0. The van der Waals surface area contributed by atoms with Crippen LogP contribution >= 0.6 is 0 Å². The number of amides is 1. The third kappa shape index (κ3) is 3.00. The van der Waals surface area contributed by atoms with Crippen LogP contribution in [0.4, 0.5) is 0 Å². The summed E-state index contributed by atoms with van der Waals surface area (Å²) < 4.78 is 10.4. The molecule has 1 fully saturated rings. The van der Waals surface area contributed by atoms with Crippen molar-refractivity contribution in [1.82, 2.24) is 5.32 Å². The van der Waals surface area contributed by atoms with E-state index in [1.165, 1.54) is 0 Å². The van der Waals surface area contributed by atoms with Crippen molar-refractivity contribution in [2.75, 3.05) is 19.8 Å². The smallest absolute Gasteiger partial charge is 0.311 e. The lowest BCUT2D eigenvalue weighted by molar-refractivity contribution is -0.156. The minimum Gasteiger partial charge on any atom is -0.481 e. The molecule has 104 valence electrons. The van der Waals surface area contributed by atoms with Crippen LogP contribution in [-0.2, 0) is 19.1 Å². The second kappa shape index (κ2) is 5.24. The predicted molar refractivity (Wildman–Crippen MR) is 64.2 cm³/mol. The molecule has 1 aliphatic heterocycles. The number of rotatable bonds is 4. The van der Waals surface area contributed by atoms with Gasteiger partial charge in [-0.05, 0) is 27.7 Å². The number of nitrogens with one attached hydrogen (secondary N) is 1. The number of carboxylic acids is 1. The summed E-state index contributed by atoms with van der Waals surface area (Å²) in [7, 11) is 0. The van der Waals surface area contributed by atoms with E-state index in [4.69, 9.17) is 9.47 Å². The maximum Gasteiger partial charge on any atom is 0.311 e. The average molecular weight is 259 g/mol. The number of aliphatic carboxylic acids is 1. The number of ether oxygens (including phenoxy) is 2. The molecular weight excluding hydrogens is 238 g/mol. The third-order valence-corrected chi connectivity index (χ3v) is 3.64. The minimum absolute atomic E-state index is 0.204. The van der Waals surface area contributed by atoms with Gasteiger partial charge in [-0.25, -0.2) is 0 Å². The standard InChI is InChI=1S/C12H21NO5/c1-11(2,10(15)16)12(3,4)13-9(14)8-7-17-5-6-18-8/h8H,5-7H2,1-4H3,(H,13,14)(H,15,16).